The molecule has 118 valence electrons. The second-order valence-corrected chi connectivity index (χ2v) is 7.82. The Morgan fingerprint density at radius 2 is 2.33 bits per heavy atom. The Bertz CT molecular complexity index is 422. The van der Waals surface area contributed by atoms with Crippen LogP contribution in [0.1, 0.15) is 37.5 Å². The molecular weight excluding hydrogens is 282 g/mol. The van der Waals surface area contributed by atoms with E-state index in [1.54, 1.807) is 11.3 Å². The highest BCUT2D eigenvalue weighted by Crippen LogP contribution is 2.49. The highest BCUT2D eigenvalue weighted by Gasteiger charge is 2.41. The van der Waals surface area contributed by atoms with Gasteiger partial charge in [-0.1, -0.05) is 12.5 Å². The summed E-state index contributed by atoms with van der Waals surface area (Å²) in [5, 5.41) is 15.6. The highest BCUT2D eigenvalue weighted by molar-refractivity contribution is 7.09. The lowest BCUT2D eigenvalue weighted by atomic mass is 9.84. The number of fused-ring (bicyclic) bond motifs is 2. The van der Waals surface area contributed by atoms with E-state index >= 15 is 0 Å². The van der Waals surface area contributed by atoms with Crippen molar-refractivity contribution in [2.45, 2.75) is 51.4 Å². The van der Waals surface area contributed by atoms with Crippen molar-refractivity contribution in [1.82, 2.24) is 5.32 Å². The van der Waals surface area contributed by atoms with Crippen LogP contribution < -0.4 is 5.32 Å². The number of ether oxygens (including phenoxy) is 1. The predicted octanol–water partition coefficient (Wildman–Crippen LogP) is 3.04. The van der Waals surface area contributed by atoms with Crippen LogP contribution in [0.3, 0.4) is 0 Å². The van der Waals surface area contributed by atoms with E-state index in [-0.39, 0.29) is 0 Å². The van der Waals surface area contributed by atoms with Gasteiger partial charge in [0.25, 0.3) is 0 Å². The molecule has 3 rings (SSSR count). The van der Waals surface area contributed by atoms with Gasteiger partial charge in [0.2, 0.25) is 0 Å². The molecule has 1 aromatic heterocycles. The average molecular weight is 309 g/mol. The molecule has 2 aliphatic rings. The third kappa shape index (κ3) is 4.07. The molecular formula is C17H27NO2S. The zero-order chi connectivity index (χ0) is 14.7. The van der Waals surface area contributed by atoms with Gasteiger partial charge in [-0.2, -0.15) is 0 Å². The summed E-state index contributed by atoms with van der Waals surface area (Å²) in [6.07, 6.45) is 5.31. The van der Waals surface area contributed by atoms with Gasteiger partial charge in [-0.25, -0.2) is 0 Å². The summed E-state index contributed by atoms with van der Waals surface area (Å²) in [6.45, 7) is 3.94. The Morgan fingerprint density at radius 3 is 3.00 bits per heavy atom. The largest absolute Gasteiger partial charge is 0.389 e. The van der Waals surface area contributed by atoms with Gasteiger partial charge in [-0.15, -0.1) is 11.3 Å². The Labute approximate surface area is 131 Å². The topological polar surface area (TPSA) is 41.5 Å². The third-order valence-corrected chi connectivity index (χ3v) is 6.10. The minimum atomic E-state index is -0.411. The lowest BCUT2D eigenvalue weighted by Crippen LogP contribution is -2.41. The molecule has 3 nitrogen and oxygen atoms in total. The van der Waals surface area contributed by atoms with Crippen LogP contribution in [0.4, 0.5) is 0 Å². The smallest absolute Gasteiger partial charge is 0.0897 e. The van der Waals surface area contributed by atoms with Crippen molar-refractivity contribution >= 4 is 11.3 Å². The van der Waals surface area contributed by atoms with Gasteiger partial charge in [0.15, 0.2) is 0 Å². The molecule has 0 saturated heterocycles. The quantitative estimate of drug-likeness (QED) is 0.775. The second kappa shape index (κ2) is 7.23. The van der Waals surface area contributed by atoms with E-state index in [4.69, 9.17) is 4.74 Å². The summed E-state index contributed by atoms with van der Waals surface area (Å²) < 4.78 is 5.57. The molecule has 2 saturated carbocycles. The number of aliphatic hydroxyl groups is 1. The van der Waals surface area contributed by atoms with Crippen molar-refractivity contribution in [3.8, 4) is 0 Å². The number of hydrogen-bond acceptors (Lipinski definition) is 4. The van der Waals surface area contributed by atoms with Gasteiger partial charge in [-0.05, 0) is 55.4 Å². The van der Waals surface area contributed by atoms with Gasteiger partial charge >= 0.3 is 0 Å². The van der Waals surface area contributed by atoms with Crippen molar-refractivity contribution in [2.24, 2.45) is 17.8 Å². The molecule has 1 heterocycles. The fraction of sp³-hybridized carbons (Fsp3) is 0.765. The molecule has 2 N–H and O–H groups in total. The minimum absolute atomic E-state index is 0.411. The molecule has 0 radical (unpaired) electrons. The molecule has 2 aliphatic carbocycles. The molecule has 0 unspecified atom stereocenters. The number of thiophene rings is 1. The number of nitrogens with one attached hydrogen (secondary N) is 1. The van der Waals surface area contributed by atoms with Crippen LogP contribution in [0, 0.1) is 17.8 Å². The maximum Gasteiger partial charge on any atom is 0.0897 e. The third-order valence-electron chi connectivity index (χ3n) is 5.25. The predicted molar refractivity (Wildman–Crippen MR) is 86.4 cm³/mol. The van der Waals surface area contributed by atoms with Gasteiger partial charge in [0.1, 0.15) is 0 Å². The van der Waals surface area contributed by atoms with Crippen LogP contribution in [0.5, 0.6) is 0 Å². The average Bonchev–Trinajstić information content (AvgIpc) is 3.21. The van der Waals surface area contributed by atoms with Crippen LogP contribution in [-0.2, 0) is 11.3 Å². The summed E-state index contributed by atoms with van der Waals surface area (Å²) in [5.74, 6) is 2.75. The van der Waals surface area contributed by atoms with E-state index in [1.807, 2.05) is 11.4 Å². The van der Waals surface area contributed by atoms with E-state index < -0.39 is 6.10 Å². The van der Waals surface area contributed by atoms with Gasteiger partial charge < -0.3 is 15.2 Å². The lowest BCUT2D eigenvalue weighted by Gasteiger charge is -2.29. The zero-order valence-electron chi connectivity index (χ0n) is 12.8. The lowest BCUT2D eigenvalue weighted by molar-refractivity contribution is 0.0273. The van der Waals surface area contributed by atoms with Crippen LogP contribution in [0.2, 0.25) is 0 Å². The van der Waals surface area contributed by atoms with Crippen molar-refractivity contribution < 1.29 is 9.84 Å². The highest BCUT2D eigenvalue weighted by atomic mass is 32.1. The second-order valence-electron chi connectivity index (χ2n) is 6.78. The first-order valence-corrected chi connectivity index (χ1v) is 9.12. The normalized spacial score (nSPS) is 30.7. The Morgan fingerprint density at radius 1 is 1.43 bits per heavy atom. The Kier molecular flexibility index (Phi) is 5.33. The Balaban J connectivity index is 1.31. The fourth-order valence-corrected chi connectivity index (χ4v) is 4.77. The number of rotatable bonds is 8. The molecule has 5 atom stereocenters. The van der Waals surface area contributed by atoms with E-state index in [2.05, 4.69) is 18.3 Å². The van der Waals surface area contributed by atoms with Crippen LogP contribution in [0.25, 0.3) is 0 Å². The molecule has 2 fully saturated rings. The van der Waals surface area contributed by atoms with Gasteiger partial charge in [0.05, 0.1) is 19.3 Å². The van der Waals surface area contributed by atoms with Crippen molar-refractivity contribution in [3.63, 3.8) is 0 Å². The molecule has 21 heavy (non-hydrogen) atoms. The fourth-order valence-electron chi connectivity index (χ4n) is 4.13. The van der Waals surface area contributed by atoms with Crippen molar-refractivity contribution in [3.05, 3.63) is 22.4 Å². The first kappa shape index (κ1) is 15.5. The van der Waals surface area contributed by atoms with Gasteiger partial charge in [0, 0.05) is 17.5 Å². The summed E-state index contributed by atoms with van der Waals surface area (Å²) >= 11 is 1.69. The molecule has 1 aromatic rings. The first-order chi connectivity index (χ1) is 10.2. The van der Waals surface area contributed by atoms with E-state index in [1.165, 1.54) is 30.6 Å². The maximum absolute atomic E-state index is 10.0. The summed E-state index contributed by atoms with van der Waals surface area (Å²) in [5.41, 5.74) is 0. The van der Waals surface area contributed by atoms with Crippen LogP contribution in [0.15, 0.2) is 17.5 Å². The molecule has 0 spiro atoms. The minimum Gasteiger partial charge on any atom is -0.389 e. The number of aliphatic hydroxyl groups excluding tert-OH is 1. The van der Waals surface area contributed by atoms with E-state index in [9.17, 15) is 5.11 Å². The van der Waals surface area contributed by atoms with E-state index in [0.717, 1.165) is 17.8 Å². The number of hydrogen-bond donors (Lipinski definition) is 2. The molecule has 0 aromatic carbocycles. The van der Waals surface area contributed by atoms with Crippen LogP contribution in [-0.4, -0.2) is 30.4 Å². The molecule has 0 aliphatic heterocycles. The maximum atomic E-state index is 10.0. The van der Waals surface area contributed by atoms with Crippen molar-refractivity contribution in [1.29, 1.82) is 0 Å². The standard InChI is InChI=1S/C17H27NO2S/c1-12(17-8-13-4-5-14(17)7-13)18-9-15(19)10-20-11-16-3-2-6-21-16/h2-3,6,12-15,17-19H,4-5,7-11H2,1H3/t12-,13+,14-,15-,17-/m0/s1. The Hall–Kier alpha value is -0.420. The van der Waals surface area contributed by atoms with Crippen molar-refractivity contribution in [2.75, 3.05) is 13.2 Å². The SMILES string of the molecule is C[C@H](NC[C@H](O)COCc1cccs1)[C@@H]1C[C@@H]2CC[C@H]1C2. The summed E-state index contributed by atoms with van der Waals surface area (Å²) in [4.78, 5) is 1.21. The zero-order valence-corrected chi connectivity index (χ0v) is 13.6. The summed E-state index contributed by atoms with van der Waals surface area (Å²) in [6, 6.07) is 4.61. The monoisotopic (exact) mass is 309 g/mol. The van der Waals surface area contributed by atoms with Crippen LogP contribution >= 0.6 is 11.3 Å². The van der Waals surface area contributed by atoms with E-state index in [0.29, 0.717) is 25.8 Å². The summed E-state index contributed by atoms with van der Waals surface area (Å²) in [7, 11) is 0. The molecule has 0 amide bonds. The molecule has 2 bridgehead atoms. The molecule has 4 heteroatoms. The van der Waals surface area contributed by atoms with Gasteiger partial charge in [-0.3, -0.25) is 0 Å². The first-order valence-electron chi connectivity index (χ1n) is 8.24.